The Kier molecular flexibility index (Phi) is 8.19. The number of carbonyl (C=O) groups excluding carboxylic acids is 1. The molecule has 1 atom stereocenters. The molecule has 0 aliphatic carbocycles. The molecule has 0 bridgehead atoms. The molecule has 0 aromatic rings. The maximum Gasteiger partial charge on any atom is 0.315 e. The first-order chi connectivity index (χ1) is 8.01. The normalized spacial score (nSPS) is 12.2. The average Bonchev–Trinajstić information content (AvgIpc) is 2.31. The fraction of sp³-hybridized carbons (Fsp3) is 0.833. The lowest BCUT2D eigenvalue weighted by molar-refractivity contribution is -0.141. The summed E-state index contributed by atoms with van der Waals surface area (Å²) in [4.78, 5) is 22.0. The molecule has 1 unspecified atom stereocenters. The SMILES string of the molecule is CCC(CC)NC(=O)NCCCC(C)C(=O)O. The van der Waals surface area contributed by atoms with Crippen LogP contribution < -0.4 is 10.6 Å². The Morgan fingerprint density at radius 3 is 2.29 bits per heavy atom. The van der Waals surface area contributed by atoms with Gasteiger partial charge in [0.15, 0.2) is 0 Å². The highest BCUT2D eigenvalue weighted by atomic mass is 16.4. The van der Waals surface area contributed by atoms with E-state index in [-0.39, 0.29) is 18.0 Å². The van der Waals surface area contributed by atoms with Crippen molar-refractivity contribution in [3.63, 3.8) is 0 Å². The van der Waals surface area contributed by atoms with Crippen LogP contribution in [-0.4, -0.2) is 29.7 Å². The lowest BCUT2D eigenvalue weighted by atomic mass is 10.1. The van der Waals surface area contributed by atoms with Gasteiger partial charge in [0.2, 0.25) is 0 Å². The molecule has 5 nitrogen and oxygen atoms in total. The van der Waals surface area contributed by atoms with Gasteiger partial charge < -0.3 is 15.7 Å². The van der Waals surface area contributed by atoms with Crippen LogP contribution in [0.25, 0.3) is 0 Å². The molecule has 5 heteroatoms. The van der Waals surface area contributed by atoms with Crippen molar-refractivity contribution in [1.82, 2.24) is 10.6 Å². The molecule has 0 aromatic heterocycles. The van der Waals surface area contributed by atoms with Gasteiger partial charge in [0.25, 0.3) is 0 Å². The van der Waals surface area contributed by atoms with Gasteiger partial charge in [0.05, 0.1) is 5.92 Å². The minimum atomic E-state index is -0.786. The molecule has 0 saturated heterocycles. The Morgan fingerprint density at radius 1 is 1.24 bits per heavy atom. The van der Waals surface area contributed by atoms with Crippen LogP contribution in [-0.2, 0) is 4.79 Å². The van der Waals surface area contributed by atoms with Gasteiger partial charge in [0.1, 0.15) is 0 Å². The van der Waals surface area contributed by atoms with Gasteiger partial charge in [-0.2, -0.15) is 0 Å². The highest BCUT2D eigenvalue weighted by Crippen LogP contribution is 2.04. The summed E-state index contributed by atoms with van der Waals surface area (Å²) in [6, 6.07) is 0.0506. The highest BCUT2D eigenvalue weighted by Gasteiger charge is 2.10. The first-order valence-electron chi connectivity index (χ1n) is 6.28. The number of hydrogen-bond acceptors (Lipinski definition) is 2. The van der Waals surface area contributed by atoms with Crippen molar-refractivity contribution in [2.45, 2.75) is 52.5 Å². The zero-order chi connectivity index (χ0) is 13.3. The van der Waals surface area contributed by atoms with Crippen molar-refractivity contribution in [2.24, 2.45) is 5.92 Å². The summed E-state index contributed by atoms with van der Waals surface area (Å²) < 4.78 is 0. The lowest BCUT2D eigenvalue weighted by Gasteiger charge is -2.15. The molecule has 17 heavy (non-hydrogen) atoms. The summed E-state index contributed by atoms with van der Waals surface area (Å²) in [5.74, 6) is -1.13. The van der Waals surface area contributed by atoms with E-state index >= 15 is 0 Å². The van der Waals surface area contributed by atoms with Crippen LogP contribution in [0.3, 0.4) is 0 Å². The van der Waals surface area contributed by atoms with Gasteiger partial charge in [0, 0.05) is 12.6 Å². The molecule has 0 aliphatic heterocycles. The minimum Gasteiger partial charge on any atom is -0.481 e. The van der Waals surface area contributed by atoms with Crippen LogP contribution in [0.5, 0.6) is 0 Å². The van der Waals surface area contributed by atoms with Crippen LogP contribution >= 0.6 is 0 Å². The van der Waals surface area contributed by atoms with Gasteiger partial charge >= 0.3 is 12.0 Å². The predicted octanol–water partition coefficient (Wildman–Crippen LogP) is 1.98. The second-order valence-corrected chi connectivity index (χ2v) is 4.30. The number of carbonyl (C=O) groups is 2. The topological polar surface area (TPSA) is 78.4 Å². The first-order valence-corrected chi connectivity index (χ1v) is 6.28. The van der Waals surface area contributed by atoms with Crippen molar-refractivity contribution in [3.8, 4) is 0 Å². The van der Waals surface area contributed by atoms with Crippen LogP contribution in [0.15, 0.2) is 0 Å². The van der Waals surface area contributed by atoms with Crippen molar-refractivity contribution >= 4 is 12.0 Å². The molecule has 0 spiro atoms. The Hall–Kier alpha value is -1.26. The molecular formula is C12H24N2O3. The third kappa shape index (κ3) is 7.60. The Labute approximate surface area is 103 Å². The maximum atomic E-state index is 11.4. The van der Waals surface area contributed by atoms with Crippen molar-refractivity contribution in [3.05, 3.63) is 0 Å². The van der Waals surface area contributed by atoms with E-state index in [1.54, 1.807) is 6.92 Å². The van der Waals surface area contributed by atoms with E-state index in [0.29, 0.717) is 19.4 Å². The molecule has 0 aromatic carbocycles. The molecule has 0 aliphatic rings. The summed E-state index contributed by atoms with van der Waals surface area (Å²) in [6.07, 6.45) is 3.10. The van der Waals surface area contributed by atoms with E-state index in [4.69, 9.17) is 5.11 Å². The first kappa shape index (κ1) is 15.7. The van der Waals surface area contributed by atoms with Gasteiger partial charge in [-0.25, -0.2) is 4.79 Å². The molecule has 3 N–H and O–H groups in total. The standard InChI is InChI=1S/C12H24N2O3/c1-4-10(5-2)14-12(17)13-8-6-7-9(3)11(15)16/h9-10H,4-8H2,1-3H3,(H,15,16)(H2,13,14,17). The smallest absolute Gasteiger partial charge is 0.315 e. The van der Waals surface area contributed by atoms with Crippen LogP contribution in [0.1, 0.15) is 46.5 Å². The monoisotopic (exact) mass is 244 g/mol. The number of amides is 2. The van der Waals surface area contributed by atoms with Crippen molar-refractivity contribution in [1.29, 1.82) is 0 Å². The maximum absolute atomic E-state index is 11.4. The Balaban J connectivity index is 3.61. The van der Waals surface area contributed by atoms with E-state index in [1.165, 1.54) is 0 Å². The number of hydrogen-bond donors (Lipinski definition) is 3. The van der Waals surface area contributed by atoms with Gasteiger partial charge in [-0.15, -0.1) is 0 Å². The zero-order valence-corrected chi connectivity index (χ0v) is 11.0. The quantitative estimate of drug-likeness (QED) is 0.571. The largest absolute Gasteiger partial charge is 0.481 e. The molecule has 2 amide bonds. The summed E-state index contributed by atoms with van der Waals surface area (Å²) >= 11 is 0. The van der Waals surface area contributed by atoms with Gasteiger partial charge in [-0.1, -0.05) is 20.8 Å². The number of nitrogens with one attached hydrogen (secondary N) is 2. The summed E-state index contributed by atoms with van der Waals surface area (Å²) in [5, 5.41) is 14.3. The number of rotatable bonds is 8. The molecule has 0 saturated carbocycles. The van der Waals surface area contributed by atoms with E-state index in [2.05, 4.69) is 10.6 Å². The van der Waals surface area contributed by atoms with Crippen LogP contribution in [0, 0.1) is 5.92 Å². The summed E-state index contributed by atoms with van der Waals surface area (Å²) in [5.41, 5.74) is 0. The van der Waals surface area contributed by atoms with E-state index in [9.17, 15) is 9.59 Å². The fourth-order valence-electron chi connectivity index (χ4n) is 1.46. The third-order valence-corrected chi connectivity index (χ3v) is 2.84. The molecule has 0 heterocycles. The molecular weight excluding hydrogens is 220 g/mol. The number of carboxylic acid groups (broad SMARTS) is 1. The molecule has 0 radical (unpaired) electrons. The summed E-state index contributed by atoms with van der Waals surface area (Å²) in [7, 11) is 0. The Bertz CT molecular complexity index is 240. The van der Waals surface area contributed by atoms with Gasteiger partial charge in [-0.05, 0) is 25.7 Å². The molecule has 0 rings (SSSR count). The fourth-order valence-corrected chi connectivity index (χ4v) is 1.46. The van der Waals surface area contributed by atoms with Crippen LogP contribution in [0.4, 0.5) is 4.79 Å². The lowest BCUT2D eigenvalue weighted by Crippen LogP contribution is -2.41. The second kappa shape index (κ2) is 8.84. The predicted molar refractivity (Wildman–Crippen MR) is 66.9 cm³/mol. The summed E-state index contributed by atoms with van der Waals surface area (Å²) in [6.45, 7) is 6.25. The zero-order valence-electron chi connectivity index (χ0n) is 11.0. The third-order valence-electron chi connectivity index (χ3n) is 2.84. The highest BCUT2D eigenvalue weighted by molar-refractivity contribution is 5.74. The number of carboxylic acids is 1. The van der Waals surface area contributed by atoms with Crippen LogP contribution in [0.2, 0.25) is 0 Å². The number of aliphatic carboxylic acids is 1. The molecule has 100 valence electrons. The second-order valence-electron chi connectivity index (χ2n) is 4.30. The van der Waals surface area contributed by atoms with E-state index in [0.717, 1.165) is 12.8 Å². The minimum absolute atomic E-state index is 0.165. The van der Waals surface area contributed by atoms with E-state index < -0.39 is 5.97 Å². The van der Waals surface area contributed by atoms with E-state index in [1.807, 2.05) is 13.8 Å². The average molecular weight is 244 g/mol. The molecule has 0 fully saturated rings. The van der Waals surface area contributed by atoms with Crippen molar-refractivity contribution in [2.75, 3.05) is 6.54 Å². The Morgan fingerprint density at radius 2 is 1.82 bits per heavy atom. The number of urea groups is 1. The van der Waals surface area contributed by atoms with Crippen molar-refractivity contribution < 1.29 is 14.7 Å². The van der Waals surface area contributed by atoms with Gasteiger partial charge in [-0.3, -0.25) is 4.79 Å².